The van der Waals surface area contributed by atoms with Crippen molar-refractivity contribution in [2.24, 2.45) is 0 Å². The van der Waals surface area contributed by atoms with Crippen LogP contribution in [-0.4, -0.2) is 24.9 Å². The fraction of sp³-hybridized carbons (Fsp3) is 0. The summed E-state index contributed by atoms with van der Waals surface area (Å²) in [5, 5.41) is 2.38. The third-order valence-corrected chi connectivity index (χ3v) is 9.14. The highest BCUT2D eigenvalue weighted by Crippen LogP contribution is 2.32. The van der Waals surface area contributed by atoms with Gasteiger partial charge in [0, 0.05) is 33.4 Å². The van der Waals surface area contributed by atoms with Crippen LogP contribution < -0.4 is 0 Å². The molecule has 0 spiro atoms. The molecule has 244 valence electrons. The molecule has 0 bridgehead atoms. The van der Waals surface area contributed by atoms with E-state index in [0.717, 1.165) is 55.9 Å². The van der Waals surface area contributed by atoms with Gasteiger partial charge in [0.2, 0.25) is 0 Å². The molecule has 2 aromatic heterocycles. The van der Waals surface area contributed by atoms with Crippen molar-refractivity contribution in [2.45, 2.75) is 0 Å². The molecule has 2 heterocycles. The van der Waals surface area contributed by atoms with E-state index in [-0.39, 0.29) is 0 Å². The zero-order chi connectivity index (χ0) is 34.7. The summed E-state index contributed by atoms with van der Waals surface area (Å²) >= 11 is 0. The van der Waals surface area contributed by atoms with Crippen molar-refractivity contribution in [3.8, 4) is 79.2 Å². The topological polar surface area (TPSA) is 64.5 Å². The first-order valence-corrected chi connectivity index (χ1v) is 17.3. The fourth-order valence-corrected chi connectivity index (χ4v) is 6.42. The van der Waals surface area contributed by atoms with Gasteiger partial charge in [0.25, 0.3) is 0 Å². The lowest BCUT2D eigenvalue weighted by atomic mass is 9.99. The van der Waals surface area contributed by atoms with Crippen molar-refractivity contribution >= 4 is 10.8 Å². The fourth-order valence-electron chi connectivity index (χ4n) is 6.42. The van der Waals surface area contributed by atoms with Crippen LogP contribution in [0.5, 0.6) is 0 Å². The minimum atomic E-state index is 0.628. The summed E-state index contributed by atoms with van der Waals surface area (Å²) in [7, 11) is 0. The molecule has 0 aliphatic carbocycles. The van der Waals surface area contributed by atoms with Crippen LogP contribution in [0.3, 0.4) is 0 Å². The van der Waals surface area contributed by atoms with E-state index in [1.807, 2.05) is 78.9 Å². The van der Waals surface area contributed by atoms with Crippen LogP contribution in [0.25, 0.3) is 90.0 Å². The Morgan fingerprint density at radius 1 is 0.212 bits per heavy atom. The SMILES string of the molecule is c1ccc(-c2nc(-c3cccc(-c4ccc(-c5nc(-c6ccccc6)nc(-c6ccccc6)n5)cc4)c3)cc(-c3ccc4ccccc4c3)n2)cc1. The highest BCUT2D eigenvalue weighted by molar-refractivity contribution is 5.87. The van der Waals surface area contributed by atoms with Gasteiger partial charge >= 0.3 is 0 Å². The average Bonchev–Trinajstić information content (AvgIpc) is 3.24. The minimum Gasteiger partial charge on any atom is -0.228 e. The lowest BCUT2D eigenvalue weighted by Gasteiger charge is -2.11. The Labute approximate surface area is 302 Å². The van der Waals surface area contributed by atoms with Crippen LogP contribution in [0.1, 0.15) is 0 Å². The Kier molecular flexibility index (Phi) is 8.12. The van der Waals surface area contributed by atoms with E-state index in [2.05, 4.69) is 109 Å². The minimum absolute atomic E-state index is 0.628. The molecule has 0 radical (unpaired) electrons. The second-order valence-electron chi connectivity index (χ2n) is 12.6. The van der Waals surface area contributed by atoms with E-state index in [1.54, 1.807) is 0 Å². The molecule has 52 heavy (non-hydrogen) atoms. The second kappa shape index (κ2) is 13.7. The van der Waals surface area contributed by atoms with Gasteiger partial charge in [-0.1, -0.05) is 170 Å². The monoisotopic (exact) mass is 665 g/mol. The Balaban J connectivity index is 1.08. The molecule has 0 atom stereocenters. The largest absolute Gasteiger partial charge is 0.228 e. The molecule has 7 aromatic carbocycles. The maximum atomic E-state index is 5.08. The van der Waals surface area contributed by atoms with Gasteiger partial charge in [-0.2, -0.15) is 0 Å². The van der Waals surface area contributed by atoms with Gasteiger partial charge in [0.15, 0.2) is 23.3 Å². The Hall–Kier alpha value is -7.11. The lowest BCUT2D eigenvalue weighted by molar-refractivity contribution is 1.07. The molecule has 0 amide bonds. The maximum absolute atomic E-state index is 5.08. The summed E-state index contributed by atoms with van der Waals surface area (Å²) in [4.78, 5) is 24.8. The predicted octanol–water partition coefficient (Wildman–Crippen LogP) is 11.5. The second-order valence-corrected chi connectivity index (χ2v) is 12.6. The highest BCUT2D eigenvalue weighted by Gasteiger charge is 2.14. The lowest BCUT2D eigenvalue weighted by Crippen LogP contribution is -2.00. The molecule has 5 nitrogen and oxygen atoms in total. The van der Waals surface area contributed by atoms with Gasteiger partial charge in [-0.3, -0.25) is 0 Å². The summed E-state index contributed by atoms with van der Waals surface area (Å²) in [5.41, 5.74) is 9.76. The predicted molar refractivity (Wildman–Crippen MR) is 211 cm³/mol. The van der Waals surface area contributed by atoms with Crippen molar-refractivity contribution in [3.05, 3.63) is 188 Å². The zero-order valence-electron chi connectivity index (χ0n) is 28.1. The first-order chi connectivity index (χ1) is 25.7. The van der Waals surface area contributed by atoms with E-state index in [4.69, 9.17) is 24.9 Å². The van der Waals surface area contributed by atoms with Gasteiger partial charge in [0.1, 0.15) is 0 Å². The Bertz CT molecular complexity index is 2600. The highest BCUT2D eigenvalue weighted by atomic mass is 15.0. The zero-order valence-corrected chi connectivity index (χ0v) is 28.1. The number of nitrogens with zero attached hydrogens (tertiary/aromatic N) is 5. The number of hydrogen-bond acceptors (Lipinski definition) is 5. The number of aromatic nitrogens is 5. The summed E-state index contributed by atoms with van der Waals surface area (Å²) in [5.74, 6) is 2.61. The summed E-state index contributed by atoms with van der Waals surface area (Å²) < 4.78 is 0. The maximum Gasteiger partial charge on any atom is 0.164 e. The van der Waals surface area contributed by atoms with Gasteiger partial charge in [0.05, 0.1) is 11.4 Å². The van der Waals surface area contributed by atoms with Crippen molar-refractivity contribution in [1.29, 1.82) is 0 Å². The van der Waals surface area contributed by atoms with Crippen LogP contribution >= 0.6 is 0 Å². The molecule has 0 saturated carbocycles. The number of benzene rings is 7. The molecule has 0 aliphatic rings. The molecular formula is C47H31N5. The molecule has 0 fully saturated rings. The molecular weight excluding hydrogens is 635 g/mol. The van der Waals surface area contributed by atoms with E-state index >= 15 is 0 Å². The first-order valence-electron chi connectivity index (χ1n) is 17.3. The van der Waals surface area contributed by atoms with Crippen LogP contribution in [0.15, 0.2) is 188 Å². The smallest absolute Gasteiger partial charge is 0.164 e. The van der Waals surface area contributed by atoms with E-state index < -0.39 is 0 Å². The van der Waals surface area contributed by atoms with Gasteiger partial charge in [-0.25, -0.2) is 24.9 Å². The van der Waals surface area contributed by atoms with Gasteiger partial charge in [-0.15, -0.1) is 0 Å². The third-order valence-electron chi connectivity index (χ3n) is 9.14. The Morgan fingerprint density at radius 2 is 0.596 bits per heavy atom. The normalized spacial score (nSPS) is 11.1. The van der Waals surface area contributed by atoms with Gasteiger partial charge in [-0.05, 0) is 40.1 Å². The number of fused-ring (bicyclic) bond motifs is 1. The summed E-state index contributed by atoms with van der Waals surface area (Å²) in [6.07, 6.45) is 0. The first kappa shape index (κ1) is 30.9. The van der Waals surface area contributed by atoms with Crippen molar-refractivity contribution in [1.82, 2.24) is 24.9 Å². The molecule has 9 aromatic rings. The van der Waals surface area contributed by atoms with Crippen LogP contribution in [-0.2, 0) is 0 Å². The standard InChI is InChI=1S/C47H31N5/c1-4-14-34(15-5-1)44-48-42(31-43(49-44)41-28-25-32-13-10-11-20-38(32)30-41)40-22-12-21-39(29-40)33-23-26-37(27-24-33)47-51-45(35-16-6-2-7-17-35)50-46(52-47)36-18-8-3-9-19-36/h1-31H. The van der Waals surface area contributed by atoms with E-state index in [9.17, 15) is 0 Å². The van der Waals surface area contributed by atoms with Crippen molar-refractivity contribution < 1.29 is 0 Å². The van der Waals surface area contributed by atoms with Crippen LogP contribution in [0, 0.1) is 0 Å². The van der Waals surface area contributed by atoms with Crippen molar-refractivity contribution in [2.75, 3.05) is 0 Å². The van der Waals surface area contributed by atoms with Gasteiger partial charge < -0.3 is 0 Å². The van der Waals surface area contributed by atoms with E-state index in [1.165, 1.54) is 10.8 Å². The Morgan fingerprint density at radius 3 is 1.15 bits per heavy atom. The van der Waals surface area contributed by atoms with Crippen LogP contribution in [0.4, 0.5) is 0 Å². The molecule has 9 rings (SSSR count). The molecule has 0 unspecified atom stereocenters. The molecule has 0 aliphatic heterocycles. The average molecular weight is 666 g/mol. The molecule has 0 N–H and O–H groups in total. The summed E-state index contributed by atoms with van der Waals surface area (Å²) in [6, 6.07) is 64.2. The number of hydrogen-bond donors (Lipinski definition) is 0. The molecule has 0 saturated heterocycles. The molecule has 5 heteroatoms. The quantitative estimate of drug-likeness (QED) is 0.169. The summed E-state index contributed by atoms with van der Waals surface area (Å²) in [6.45, 7) is 0. The number of rotatable bonds is 7. The third kappa shape index (κ3) is 6.35. The van der Waals surface area contributed by atoms with Crippen molar-refractivity contribution in [3.63, 3.8) is 0 Å². The van der Waals surface area contributed by atoms with E-state index in [0.29, 0.717) is 23.3 Å². The van der Waals surface area contributed by atoms with Crippen LogP contribution in [0.2, 0.25) is 0 Å².